The highest BCUT2D eigenvalue weighted by Gasteiger charge is 2.37. The van der Waals surface area contributed by atoms with Gasteiger partial charge < -0.3 is 15.1 Å². The summed E-state index contributed by atoms with van der Waals surface area (Å²) in [4.78, 5) is 19.1. The van der Waals surface area contributed by atoms with Gasteiger partial charge in [0, 0.05) is 24.6 Å². The van der Waals surface area contributed by atoms with Crippen LogP contribution in [0.1, 0.15) is 11.5 Å². The summed E-state index contributed by atoms with van der Waals surface area (Å²) in [6, 6.07) is 7.06. The Hall–Kier alpha value is -3.10. The molecule has 0 saturated carbocycles. The van der Waals surface area contributed by atoms with E-state index in [1.54, 1.807) is 24.5 Å². The lowest BCUT2D eigenvalue weighted by Gasteiger charge is -2.07. The van der Waals surface area contributed by atoms with Gasteiger partial charge in [0.05, 0.1) is 0 Å². The van der Waals surface area contributed by atoms with Crippen molar-refractivity contribution in [1.29, 1.82) is 0 Å². The van der Waals surface area contributed by atoms with Crippen LogP contribution in [-0.2, 0) is 12.7 Å². The monoisotopic (exact) mass is 336 g/mol. The number of fused-ring (bicyclic) bond motifs is 1. The molecule has 2 heterocycles. The number of halogens is 3. The first-order chi connectivity index (χ1) is 11.4. The predicted molar refractivity (Wildman–Crippen MR) is 79.1 cm³/mol. The molecule has 0 aliphatic carbocycles. The van der Waals surface area contributed by atoms with Crippen LogP contribution in [0, 0.1) is 0 Å². The summed E-state index contributed by atoms with van der Waals surface area (Å²) in [6.07, 6.45) is -1.45. The zero-order chi connectivity index (χ0) is 17.2. The fourth-order valence-corrected chi connectivity index (χ4v) is 1.98. The van der Waals surface area contributed by atoms with Crippen molar-refractivity contribution in [1.82, 2.24) is 15.3 Å². The Balaban J connectivity index is 1.67. The quantitative estimate of drug-likeness (QED) is 0.766. The Kier molecular flexibility index (Phi) is 4.07. The molecule has 3 rings (SSSR count). The number of aromatic nitrogens is 2. The molecule has 3 aromatic rings. The molecule has 0 saturated heterocycles. The van der Waals surface area contributed by atoms with Gasteiger partial charge in [-0.15, -0.1) is 0 Å². The van der Waals surface area contributed by atoms with Gasteiger partial charge in [0.25, 0.3) is 0 Å². The first-order valence-corrected chi connectivity index (χ1v) is 6.83. The molecule has 0 unspecified atom stereocenters. The van der Waals surface area contributed by atoms with Crippen LogP contribution in [0.25, 0.3) is 11.1 Å². The average molecular weight is 336 g/mol. The summed E-state index contributed by atoms with van der Waals surface area (Å²) in [5, 5.41) is 5.15. The highest BCUT2D eigenvalue weighted by atomic mass is 19.4. The van der Waals surface area contributed by atoms with Gasteiger partial charge in [-0.1, -0.05) is 0 Å². The molecule has 0 bridgehead atoms. The Bertz CT molecular complexity index is 862. The van der Waals surface area contributed by atoms with E-state index in [1.807, 2.05) is 0 Å². The molecule has 0 radical (unpaired) electrons. The molecule has 2 aromatic heterocycles. The highest BCUT2D eigenvalue weighted by molar-refractivity contribution is 5.91. The number of anilines is 1. The molecule has 1 aromatic carbocycles. The van der Waals surface area contributed by atoms with E-state index in [2.05, 4.69) is 25.0 Å². The van der Waals surface area contributed by atoms with Crippen LogP contribution in [0.5, 0.6) is 0 Å². The first-order valence-electron chi connectivity index (χ1n) is 6.83. The smallest absolute Gasteiger partial charge is 0.433 e. The van der Waals surface area contributed by atoms with Gasteiger partial charge in [0.2, 0.25) is 0 Å². The molecule has 0 spiro atoms. The molecule has 124 valence electrons. The number of nitrogens with one attached hydrogen (secondary N) is 2. The minimum Gasteiger partial charge on any atom is -0.433 e. The molecule has 6 nitrogen and oxygen atoms in total. The number of oxazole rings is 1. The van der Waals surface area contributed by atoms with Crippen LogP contribution in [0.3, 0.4) is 0 Å². The number of hydrogen-bond acceptors (Lipinski definition) is 4. The largest absolute Gasteiger partial charge is 0.468 e. The zero-order valence-corrected chi connectivity index (χ0v) is 12.1. The third-order valence-corrected chi connectivity index (χ3v) is 3.09. The highest BCUT2D eigenvalue weighted by Crippen LogP contribution is 2.31. The van der Waals surface area contributed by atoms with Crippen molar-refractivity contribution in [2.45, 2.75) is 12.7 Å². The van der Waals surface area contributed by atoms with Crippen molar-refractivity contribution < 1.29 is 22.4 Å². The summed E-state index contributed by atoms with van der Waals surface area (Å²) in [6.45, 7) is 0.290. The van der Waals surface area contributed by atoms with Crippen LogP contribution in [-0.4, -0.2) is 16.0 Å². The number of benzene rings is 1. The average Bonchev–Trinajstić information content (AvgIpc) is 2.97. The standard InChI is InChI=1S/C15H11F3N4O2/c16-15(17,18)13-22-11-7-10(1-2-12(11)24-13)21-14(23)20-8-9-3-5-19-6-4-9/h1-7H,8H2,(H2,20,21,23). The van der Waals surface area contributed by atoms with Gasteiger partial charge in [-0.3, -0.25) is 4.98 Å². The minimum absolute atomic E-state index is 0.00857. The third kappa shape index (κ3) is 3.62. The van der Waals surface area contributed by atoms with Crippen LogP contribution in [0.15, 0.2) is 47.1 Å². The van der Waals surface area contributed by atoms with E-state index in [9.17, 15) is 18.0 Å². The van der Waals surface area contributed by atoms with E-state index in [4.69, 9.17) is 0 Å². The number of hydrogen-bond donors (Lipinski definition) is 2. The summed E-state index contributed by atoms with van der Waals surface area (Å²) in [7, 11) is 0. The second-order valence-electron chi connectivity index (χ2n) is 4.86. The van der Waals surface area contributed by atoms with Crippen LogP contribution >= 0.6 is 0 Å². The van der Waals surface area contributed by atoms with E-state index < -0.39 is 18.1 Å². The number of rotatable bonds is 3. The van der Waals surface area contributed by atoms with Crippen molar-refractivity contribution in [3.8, 4) is 0 Å². The maximum atomic E-state index is 12.6. The molecule has 9 heteroatoms. The molecule has 24 heavy (non-hydrogen) atoms. The fourth-order valence-electron chi connectivity index (χ4n) is 1.98. The number of urea groups is 1. The van der Waals surface area contributed by atoms with Gasteiger partial charge in [0.15, 0.2) is 5.58 Å². The molecule has 0 fully saturated rings. The van der Waals surface area contributed by atoms with Crippen LogP contribution in [0.2, 0.25) is 0 Å². The number of amides is 2. The number of nitrogens with zero attached hydrogens (tertiary/aromatic N) is 2. The topological polar surface area (TPSA) is 80.0 Å². The van der Waals surface area contributed by atoms with Crippen molar-refractivity contribution in [3.05, 3.63) is 54.2 Å². The lowest BCUT2D eigenvalue weighted by atomic mass is 10.3. The lowest BCUT2D eigenvalue weighted by molar-refractivity contribution is -0.156. The Labute approximate surface area is 133 Å². The minimum atomic E-state index is -4.66. The molecule has 0 aliphatic rings. The zero-order valence-electron chi connectivity index (χ0n) is 12.1. The van der Waals surface area contributed by atoms with E-state index in [0.717, 1.165) is 5.56 Å². The Morgan fingerprint density at radius 2 is 1.92 bits per heavy atom. The third-order valence-electron chi connectivity index (χ3n) is 3.09. The maximum Gasteiger partial charge on any atom is 0.468 e. The summed E-state index contributed by atoms with van der Waals surface area (Å²) in [5.41, 5.74) is 1.16. The van der Waals surface area contributed by atoms with Crippen molar-refractivity contribution >= 4 is 22.8 Å². The van der Waals surface area contributed by atoms with Gasteiger partial charge in [-0.2, -0.15) is 13.2 Å². The number of carbonyl (C=O) groups excluding carboxylic acids is 1. The summed E-state index contributed by atoms with van der Waals surface area (Å²) >= 11 is 0. The van der Waals surface area contributed by atoms with E-state index in [1.165, 1.54) is 18.2 Å². The normalized spacial score (nSPS) is 11.5. The Morgan fingerprint density at radius 1 is 1.17 bits per heavy atom. The van der Waals surface area contributed by atoms with Crippen molar-refractivity contribution in [3.63, 3.8) is 0 Å². The van der Waals surface area contributed by atoms with E-state index in [-0.39, 0.29) is 11.1 Å². The van der Waals surface area contributed by atoms with E-state index in [0.29, 0.717) is 12.2 Å². The number of alkyl halides is 3. The van der Waals surface area contributed by atoms with Gasteiger partial charge >= 0.3 is 18.1 Å². The molecule has 2 N–H and O–H groups in total. The molecule has 0 atom stereocenters. The van der Waals surface area contributed by atoms with Crippen molar-refractivity contribution in [2.75, 3.05) is 5.32 Å². The molecular weight excluding hydrogens is 325 g/mol. The van der Waals surface area contributed by atoms with Crippen LogP contribution < -0.4 is 10.6 Å². The van der Waals surface area contributed by atoms with Crippen LogP contribution in [0.4, 0.5) is 23.7 Å². The maximum absolute atomic E-state index is 12.6. The van der Waals surface area contributed by atoms with Gasteiger partial charge in [-0.05, 0) is 35.9 Å². The van der Waals surface area contributed by atoms with Gasteiger partial charge in [0.1, 0.15) is 5.52 Å². The summed E-state index contributed by atoms with van der Waals surface area (Å²) in [5.74, 6) is -1.32. The van der Waals surface area contributed by atoms with Gasteiger partial charge in [-0.25, -0.2) is 9.78 Å². The molecule has 2 amide bonds. The Morgan fingerprint density at radius 3 is 2.62 bits per heavy atom. The number of pyridine rings is 1. The van der Waals surface area contributed by atoms with Crippen molar-refractivity contribution in [2.24, 2.45) is 0 Å². The number of carbonyl (C=O) groups is 1. The SMILES string of the molecule is O=C(NCc1ccncc1)Nc1ccc2oc(C(F)(F)F)nc2c1. The second kappa shape index (κ2) is 6.19. The first kappa shape index (κ1) is 15.8. The fraction of sp³-hybridized carbons (Fsp3) is 0.133. The predicted octanol–water partition coefficient (Wildman–Crippen LogP) is 3.56. The molecular formula is C15H11F3N4O2. The second-order valence-corrected chi connectivity index (χ2v) is 4.86. The molecule has 0 aliphatic heterocycles. The summed E-state index contributed by atoms with van der Waals surface area (Å²) < 4.78 is 42.3. The van der Waals surface area contributed by atoms with E-state index >= 15 is 0 Å². The lowest BCUT2D eigenvalue weighted by Crippen LogP contribution is -2.28.